The van der Waals surface area contributed by atoms with Gasteiger partial charge in [0.2, 0.25) is 53.2 Å². The van der Waals surface area contributed by atoms with E-state index in [2.05, 4.69) is 42.5 Å². The van der Waals surface area contributed by atoms with E-state index >= 15 is 0 Å². The zero-order valence-corrected chi connectivity index (χ0v) is 48.3. The molecular weight excluding hydrogens is 1110 g/mol. The summed E-state index contributed by atoms with van der Waals surface area (Å²) in [5, 5.41) is 68.8. The first-order valence-corrected chi connectivity index (χ1v) is 27.7. The maximum Gasteiger partial charge on any atom is 0.326 e. The van der Waals surface area contributed by atoms with Gasteiger partial charge in [-0.1, -0.05) is 103 Å². The van der Waals surface area contributed by atoms with Crippen LogP contribution in [0.4, 0.5) is 0 Å². The molecule has 3 aromatic carbocycles. The van der Waals surface area contributed by atoms with Gasteiger partial charge < -0.3 is 79.5 Å². The molecule has 9 amide bonds. The number of aromatic hydroxyl groups is 2. The Bertz CT molecular complexity index is 2800. The Kier molecular flexibility index (Phi) is 28.4. The number of hydrogen-bond acceptors (Lipinski definition) is 15. The van der Waals surface area contributed by atoms with E-state index in [1.807, 2.05) is 0 Å². The van der Waals surface area contributed by atoms with Gasteiger partial charge in [-0.15, -0.1) is 0 Å². The Balaban J connectivity index is 2.00. The Morgan fingerprint density at radius 3 is 1.26 bits per heavy atom. The van der Waals surface area contributed by atoms with Crippen LogP contribution in [0, 0.1) is 17.8 Å². The van der Waals surface area contributed by atoms with Gasteiger partial charge in [0.25, 0.3) is 0 Å². The lowest BCUT2D eigenvalue weighted by Gasteiger charge is -2.29. The number of benzene rings is 3. The third-order valence-corrected chi connectivity index (χ3v) is 13.6. The van der Waals surface area contributed by atoms with Crippen molar-refractivity contribution in [1.29, 1.82) is 0 Å². The summed E-state index contributed by atoms with van der Waals surface area (Å²) in [7, 11) is 0. The minimum atomic E-state index is -1.72. The van der Waals surface area contributed by atoms with Crippen molar-refractivity contribution < 1.29 is 83.1 Å². The Hall–Kier alpha value is -9.14. The molecule has 0 bridgehead atoms. The number of primary amides is 1. The molecular formula is C58H80N10O17. The van der Waals surface area contributed by atoms with Gasteiger partial charge in [0.05, 0.1) is 12.5 Å². The third-order valence-electron chi connectivity index (χ3n) is 13.6. The van der Waals surface area contributed by atoms with E-state index < -0.39 is 163 Å². The number of nitrogens with two attached hydrogens (primary N) is 2. The fourth-order valence-corrected chi connectivity index (χ4v) is 8.63. The second-order valence-electron chi connectivity index (χ2n) is 21.5. The lowest BCUT2D eigenvalue weighted by Crippen LogP contribution is -2.61. The van der Waals surface area contributed by atoms with Gasteiger partial charge in [0.1, 0.15) is 59.8 Å². The highest BCUT2D eigenvalue weighted by molar-refractivity contribution is 5.99. The van der Waals surface area contributed by atoms with Crippen LogP contribution in [0.2, 0.25) is 0 Å². The number of phenols is 2. The predicted molar refractivity (Wildman–Crippen MR) is 306 cm³/mol. The molecule has 0 aliphatic heterocycles. The average molecular weight is 1190 g/mol. The lowest BCUT2D eigenvalue weighted by atomic mass is 9.98. The quantitative estimate of drug-likeness (QED) is 0.0357. The molecule has 0 aromatic heterocycles. The molecule has 27 nitrogen and oxygen atoms in total. The molecule has 0 fully saturated rings. The van der Waals surface area contributed by atoms with Crippen LogP contribution in [0.15, 0.2) is 78.9 Å². The first-order valence-electron chi connectivity index (χ1n) is 27.7. The Morgan fingerprint density at radius 2 is 0.824 bits per heavy atom. The van der Waals surface area contributed by atoms with E-state index in [-0.39, 0.29) is 49.5 Å². The Morgan fingerprint density at radius 1 is 0.447 bits per heavy atom. The summed E-state index contributed by atoms with van der Waals surface area (Å²) in [4.78, 5) is 160. The number of rotatable bonds is 36. The topological polar surface area (TPSA) is 454 Å². The normalized spacial score (nSPS) is 14.6. The number of carbonyl (C=O) groups excluding carboxylic acids is 9. The van der Waals surface area contributed by atoms with Crippen molar-refractivity contribution in [3.63, 3.8) is 0 Å². The predicted octanol–water partition coefficient (Wildman–Crippen LogP) is -0.231. The molecule has 0 radical (unpaired) electrons. The van der Waals surface area contributed by atoms with Crippen LogP contribution in [0.1, 0.15) is 103 Å². The van der Waals surface area contributed by atoms with Crippen molar-refractivity contribution >= 4 is 71.1 Å². The number of carboxylic acids is 3. The van der Waals surface area contributed by atoms with Crippen LogP contribution in [0.25, 0.3) is 0 Å². The minimum absolute atomic E-state index is 0.0927. The highest BCUT2D eigenvalue weighted by Crippen LogP contribution is 2.17. The summed E-state index contributed by atoms with van der Waals surface area (Å²) in [5.74, 6) is -14.7. The number of phenolic OH excluding ortho intramolecular Hbond substituents is 2. The molecule has 10 atom stereocenters. The second-order valence-corrected chi connectivity index (χ2v) is 21.5. The summed E-state index contributed by atoms with van der Waals surface area (Å²) in [6.07, 6.45) is -3.25. The van der Waals surface area contributed by atoms with Crippen molar-refractivity contribution in [3.8, 4) is 11.5 Å². The molecule has 17 N–H and O–H groups in total. The molecule has 0 aliphatic rings. The lowest BCUT2D eigenvalue weighted by molar-refractivity contribution is -0.144. The molecule has 85 heavy (non-hydrogen) atoms. The standard InChI is InChI=1S/C58H80N10O17/c1-7-32(6)49(58(84)85)68-56(82)44(29-45(60)71)66-57(83)48(31(4)5)67-55(81)43(26-33-11-9-8-10-12-33)65-52(78)40(25-30(2)3)63-51(77)39(22-24-47(74)75)61-53(79)42(28-35-15-19-37(70)20-16-35)64-54(80)41(27-34-13-17-36(69)18-14-34)62-50(76)38(59)21-23-46(72)73/h8-20,30-32,38-44,48-49,69-70H,7,21-29,59H2,1-6H3,(H2,60,71)(H,61,79)(H,62,76)(H,63,77)(H,64,80)(H,65,78)(H,66,83)(H,67,81)(H,68,82)(H,72,73)(H,74,75)(H,84,85)/t32-,38-,39-,40-,41-,42-,43-,44-,48-,49-/m0/s1. The number of amides is 9. The zero-order valence-electron chi connectivity index (χ0n) is 48.3. The fourth-order valence-electron chi connectivity index (χ4n) is 8.63. The molecule has 3 aromatic rings. The number of carbonyl (C=O) groups is 12. The fraction of sp³-hybridized carbons (Fsp3) is 0.483. The van der Waals surface area contributed by atoms with E-state index in [0.29, 0.717) is 23.1 Å². The van der Waals surface area contributed by atoms with Gasteiger partial charge in [0, 0.05) is 32.1 Å². The van der Waals surface area contributed by atoms with Crippen molar-refractivity contribution in [1.82, 2.24) is 42.5 Å². The van der Waals surface area contributed by atoms with Gasteiger partial charge in [0.15, 0.2) is 0 Å². The molecule has 0 unspecified atom stereocenters. The molecule has 464 valence electrons. The van der Waals surface area contributed by atoms with Gasteiger partial charge in [-0.3, -0.25) is 52.7 Å². The van der Waals surface area contributed by atoms with Crippen LogP contribution in [-0.2, 0) is 76.8 Å². The number of hydrogen-bond donors (Lipinski definition) is 15. The molecule has 0 spiro atoms. The van der Waals surface area contributed by atoms with Gasteiger partial charge in [-0.2, -0.15) is 0 Å². The van der Waals surface area contributed by atoms with E-state index in [0.717, 1.165) is 0 Å². The molecule has 3 rings (SSSR count). The first-order chi connectivity index (χ1) is 40.0. The Labute approximate surface area is 491 Å². The van der Waals surface area contributed by atoms with Crippen molar-refractivity contribution in [2.45, 2.75) is 160 Å². The van der Waals surface area contributed by atoms with E-state index in [1.54, 1.807) is 71.9 Å². The van der Waals surface area contributed by atoms with Crippen LogP contribution >= 0.6 is 0 Å². The largest absolute Gasteiger partial charge is 0.508 e. The number of aliphatic carboxylic acids is 3. The smallest absolute Gasteiger partial charge is 0.326 e. The SMILES string of the molecule is CC[C@H](C)[C@H](NC(=O)[C@H](CC(N)=O)NC(=O)[C@@H](NC(=O)[C@H](Cc1ccccc1)NC(=O)[C@H](CC(C)C)NC(=O)[C@H](CCC(=O)O)NC(=O)[C@H](Cc1ccc(O)cc1)NC(=O)[C@H](Cc1ccc(O)cc1)NC(=O)[C@@H](N)CCC(=O)O)C(C)C)C(=O)O. The zero-order chi connectivity index (χ0) is 63.7. The average Bonchev–Trinajstić information content (AvgIpc) is 3.65. The summed E-state index contributed by atoms with van der Waals surface area (Å²) in [5.41, 5.74) is 12.7. The summed E-state index contributed by atoms with van der Waals surface area (Å²) in [6, 6.07) is 5.73. The summed E-state index contributed by atoms with van der Waals surface area (Å²) >= 11 is 0. The van der Waals surface area contributed by atoms with Crippen molar-refractivity contribution in [2.75, 3.05) is 0 Å². The maximum atomic E-state index is 14.5. The van der Waals surface area contributed by atoms with E-state index in [9.17, 15) is 78.0 Å². The van der Waals surface area contributed by atoms with Gasteiger partial charge in [-0.25, -0.2) is 4.79 Å². The highest BCUT2D eigenvalue weighted by Gasteiger charge is 2.37. The summed E-state index contributed by atoms with van der Waals surface area (Å²) in [6.45, 7) is 9.83. The monoisotopic (exact) mass is 1190 g/mol. The summed E-state index contributed by atoms with van der Waals surface area (Å²) < 4.78 is 0. The minimum Gasteiger partial charge on any atom is -0.508 e. The third kappa shape index (κ3) is 24.7. The maximum absolute atomic E-state index is 14.5. The van der Waals surface area contributed by atoms with Crippen molar-refractivity contribution in [2.24, 2.45) is 29.2 Å². The molecule has 0 saturated carbocycles. The molecule has 27 heteroatoms. The number of nitrogens with one attached hydrogen (secondary N) is 8. The van der Waals surface area contributed by atoms with Crippen molar-refractivity contribution in [3.05, 3.63) is 95.6 Å². The molecule has 0 saturated heterocycles. The van der Waals surface area contributed by atoms with E-state index in [1.165, 1.54) is 48.5 Å². The highest BCUT2D eigenvalue weighted by atomic mass is 16.4. The van der Waals surface area contributed by atoms with Crippen LogP contribution in [-0.4, -0.2) is 151 Å². The van der Waals surface area contributed by atoms with Gasteiger partial charge in [-0.05, 0) is 78.0 Å². The van der Waals surface area contributed by atoms with E-state index in [4.69, 9.17) is 16.6 Å². The van der Waals surface area contributed by atoms with Crippen LogP contribution in [0.3, 0.4) is 0 Å². The second kappa shape index (κ2) is 34.5. The van der Waals surface area contributed by atoms with Crippen LogP contribution < -0.4 is 54.0 Å². The van der Waals surface area contributed by atoms with Crippen LogP contribution in [0.5, 0.6) is 11.5 Å². The molecule has 0 heterocycles. The first kappa shape index (κ1) is 70.1. The number of carboxylic acid groups (broad SMARTS) is 3. The van der Waals surface area contributed by atoms with Gasteiger partial charge >= 0.3 is 17.9 Å². The molecule has 0 aliphatic carbocycles.